The summed E-state index contributed by atoms with van der Waals surface area (Å²) in [5.41, 5.74) is 1.70. The Labute approximate surface area is 225 Å². The summed E-state index contributed by atoms with van der Waals surface area (Å²) >= 11 is 0. The van der Waals surface area contributed by atoms with E-state index in [4.69, 9.17) is 18.9 Å². The van der Waals surface area contributed by atoms with Crippen LogP contribution in [0.5, 0.6) is 23.0 Å². The minimum Gasteiger partial charge on any atom is -0.454 e. The Hall–Kier alpha value is -4.03. The normalized spacial score (nSPS) is 20.6. The van der Waals surface area contributed by atoms with E-state index >= 15 is 0 Å². The van der Waals surface area contributed by atoms with E-state index in [-0.39, 0.29) is 44.3 Å². The monoisotopic (exact) mass is 537 g/mol. The number of amides is 3. The molecule has 2 fully saturated rings. The van der Waals surface area contributed by atoms with Crippen molar-refractivity contribution in [2.24, 2.45) is 0 Å². The van der Waals surface area contributed by atoms with Crippen LogP contribution in [0.3, 0.4) is 0 Å². The molecular weight excluding hydrogens is 506 g/mol. The second-order valence-corrected chi connectivity index (χ2v) is 9.95. The second kappa shape index (κ2) is 11.0. The summed E-state index contributed by atoms with van der Waals surface area (Å²) in [6, 6.07) is 10.3. The van der Waals surface area contributed by atoms with Crippen LogP contribution in [0.1, 0.15) is 12.0 Å². The Morgan fingerprint density at radius 2 is 1.51 bits per heavy atom. The van der Waals surface area contributed by atoms with Crippen LogP contribution in [0, 0.1) is 0 Å². The predicted octanol–water partition coefficient (Wildman–Crippen LogP) is 0.617. The van der Waals surface area contributed by atoms with E-state index in [0.29, 0.717) is 30.3 Å². The van der Waals surface area contributed by atoms with E-state index in [1.54, 1.807) is 18.2 Å². The molecule has 3 amide bonds. The molecule has 12 heteroatoms. The minimum absolute atomic E-state index is 0.130. The predicted molar refractivity (Wildman–Crippen MR) is 139 cm³/mol. The Bertz CT molecular complexity index is 1260. The lowest BCUT2D eigenvalue weighted by Gasteiger charge is -2.38. The number of nitrogens with one attached hydrogen (secondary N) is 2. The number of nitrogens with zero attached hydrogens (tertiary/aromatic N) is 3. The summed E-state index contributed by atoms with van der Waals surface area (Å²) in [5.74, 6) is 1.91. The smallest absolute Gasteiger partial charge is 0.243 e. The first kappa shape index (κ1) is 25.3. The molecule has 0 aliphatic carbocycles. The highest BCUT2D eigenvalue weighted by Gasteiger charge is 2.35. The maximum Gasteiger partial charge on any atom is 0.243 e. The molecule has 4 heterocycles. The first-order chi connectivity index (χ1) is 19.0. The first-order valence-electron chi connectivity index (χ1n) is 13.1. The van der Waals surface area contributed by atoms with E-state index in [1.165, 1.54) is 4.90 Å². The lowest BCUT2D eigenvalue weighted by molar-refractivity contribution is -0.145. The molecule has 39 heavy (non-hydrogen) atoms. The zero-order valence-electron chi connectivity index (χ0n) is 21.5. The van der Waals surface area contributed by atoms with Crippen LogP contribution in [-0.2, 0) is 20.9 Å². The third-order valence-electron chi connectivity index (χ3n) is 7.35. The molecule has 0 radical (unpaired) electrons. The van der Waals surface area contributed by atoms with Gasteiger partial charge >= 0.3 is 0 Å². The standard InChI is InChI=1S/C27H31N5O7/c33-25(29-19-2-4-22-24(12-19)39-17-37-22)13-20-27(35)28-5-6-32(20)26(34)15-31-9-7-30(8-10-31)14-18-1-3-21-23(11-18)38-16-36-21/h1-4,11-12,20H,5-10,13-17H2,(H,28,35)(H,29,33). The third-order valence-corrected chi connectivity index (χ3v) is 7.35. The Morgan fingerprint density at radius 1 is 0.846 bits per heavy atom. The number of ether oxygens (including phenoxy) is 4. The van der Waals surface area contributed by atoms with E-state index < -0.39 is 6.04 Å². The van der Waals surface area contributed by atoms with E-state index in [9.17, 15) is 14.4 Å². The van der Waals surface area contributed by atoms with Gasteiger partial charge in [-0.05, 0) is 29.8 Å². The van der Waals surface area contributed by atoms with E-state index in [0.717, 1.165) is 49.8 Å². The number of carbonyl (C=O) groups excluding carboxylic acids is 3. The number of rotatable bonds is 7. The van der Waals surface area contributed by atoms with Gasteiger partial charge < -0.3 is 34.5 Å². The molecule has 2 N–H and O–H groups in total. The van der Waals surface area contributed by atoms with Gasteiger partial charge in [-0.15, -0.1) is 0 Å². The summed E-state index contributed by atoms with van der Waals surface area (Å²) in [7, 11) is 0. The second-order valence-electron chi connectivity index (χ2n) is 9.95. The molecule has 1 atom stereocenters. The molecule has 0 bridgehead atoms. The summed E-state index contributed by atoms with van der Waals surface area (Å²) in [4.78, 5) is 44.7. The van der Waals surface area contributed by atoms with Gasteiger partial charge in [0.15, 0.2) is 23.0 Å². The van der Waals surface area contributed by atoms with Crippen molar-refractivity contribution in [2.75, 3.05) is 64.7 Å². The fourth-order valence-electron chi connectivity index (χ4n) is 5.26. The Morgan fingerprint density at radius 3 is 2.28 bits per heavy atom. The van der Waals surface area contributed by atoms with E-state index in [2.05, 4.69) is 20.4 Å². The average molecular weight is 538 g/mol. The molecule has 4 aliphatic rings. The van der Waals surface area contributed by atoms with Gasteiger partial charge in [0, 0.05) is 57.6 Å². The number of hydrogen-bond acceptors (Lipinski definition) is 9. The van der Waals surface area contributed by atoms with Gasteiger partial charge in [0.25, 0.3) is 0 Å². The highest BCUT2D eigenvalue weighted by molar-refractivity contribution is 5.97. The number of anilines is 1. The molecule has 0 spiro atoms. The lowest BCUT2D eigenvalue weighted by atomic mass is 10.1. The Balaban J connectivity index is 1.00. The molecule has 6 rings (SSSR count). The number of piperazine rings is 2. The summed E-state index contributed by atoms with van der Waals surface area (Å²) in [5, 5.41) is 5.58. The van der Waals surface area contributed by atoms with Crippen LogP contribution in [0.25, 0.3) is 0 Å². The number of benzene rings is 2. The Kier molecular flexibility index (Phi) is 7.12. The lowest BCUT2D eigenvalue weighted by Crippen LogP contribution is -2.60. The van der Waals surface area contributed by atoms with Crippen LogP contribution < -0.4 is 29.6 Å². The molecule has 2 aromatic carbocycles. The highest BCUT2D eigenvalue weighted by atomic mass is 16.7. The van der Waals surface area contributed by atoms with Gasteiger partial charge in [0.1, 0.15) is 6.04 Å². The molecule has 2 saturated heterocycles. The average Bonchev–Trinajstić information content (AvgIpc) is 3.60. The molecule has 0 aromatic heterocycles. The number of hydrogen-bond donors (Lipinski definition) is 2. The molecule has 206 valence electrons. The van der Waals surface area contributed by atoms with Crippen molar-refractivity contribution in [3.05, 3.63) is 42.0 Å². The van der Waals surface area contributed by atoms with Crippen molar-refractivity contribution in [2.45, 2.75) is 19.0 Å². The summed E-state index contributed by atoms with van der Waals surface area (Å²) in [6.07, 6.45) is -0.130. The number of fused-ring (bicyclic) bond motifs is 2. The third kappa shape index (κ3) is 5.71. The topological polar surface area (TPSA) is 122 Å². The van der Waals surface area contributed by atoms with Gasteiger partial charge in [0.2, 0.25) is 31.3 Å². The van der Waals surface area contributed by atoms with Crippen molar-refractivity contribution in [1.29, 1.82) is 0 Å². The molecule has 0 saturated carbocycles. The SMILES string of the molecule is O=C(CC1C(=O)NCCN1C(=O)CN1CCN(Cc2ccc3c(c2)OCO3)CC1)Nc1ccc2c(c1)OCO2. The maximum atomic E-state index is 13.3. The summed E-state index contributed by atoms with van der Waals surface area (Å²) in [6.45, 7) is 5.28. The van der Waals surface area contributed by atoms with E-state index in [1.807, 2.05) is 18.2 Å². The zero-order valence-corrected chi connectivity index (χ0v) is 21.5. The van der Waals surface area contributed by atoms with Crippen LogP contribution in [0.2, 0.25) is 0 Å². The van der Waals surface area contributed by atoms with Crippen LogP contribution in [0.15, 0.2) is 36.4 Å². The van der Waals surface area contributed by atoms with Crippen molar-refractivity contribution in [3.8, 4) is 23.0 Å². The molecule has 4 aliphatic heterocycles. The molecular formula is C27H31N5O7. The van der Waals surface area contributed by atoms with Crippen LogP contribution >= 0.6 is 0 Å². The van der Waals surface area contributed by atoms with Crippen LogP contribution in [0.4, 0.5) is 5.69 Å². The van der Waals surface area contributed by atoms with Crippen molar-refractivity contribution < 1.29 is 33.3 Å². The van der Waals surface area contributed by atoms with Crippen molar-refractivity contribution >= 4 is 23.4 Å². The van der Waals surface area contributed by atoms with Crippen LogP contribution in [-0.4, -0.2) is 97.9 Å². The minimum atomic E-state index is -0.854. The van der Waals surface area contributed by atoms with Gasteiger partial charge in [-0.1, -0.05) is 6.07 Å². The molecule has 12 nitrogen and oxygen atoms in total. The van der Waals surface area contributed by atoms with Gasteiger partial charge in [-0.2, -0.15) is 0 Å². The summed E-state index contributed by atoms with van der Waals surface area (Å²) < 4.78 is 21.5. The largest absolute Gasteiger partial charge is 0.454 e. The molecule has 2 aromatic rings. The fraction of sp³-hybridized carbons (Fsp3) is 0.444. The van der Waals surface area contributed by atoms with Gasteiger partial charge in [-0.3, -0.25) is 24.2 Å². The molecule has 1 unspecified atom stereocenters. The van der Waals surface area contributed by atoms with Crippen molar-refractivity contribution in [3.63, 3.8) is 0 Å². The fourth-order valence-corrected chi connectivity index (χ4v) is 5.26. The zero-order chi connectivity index (χ0) is 26.8. The first-order valence-corrected chi connectivity index (χ1v) is 13.1. The van der Waals surface area contributed by atoms with Gasteiger partial charge in [0.05, 0.1) is 13.0 Å². The van der Waals surface area contributed by atoms with Gasteiger partial charge in [-0.25, -0.2) is 0 Å². The highest BCUT2D eigenvalue weighted by Crippen LogP contribution is 2.34. The number of carbonyl (C=O) groups is 3. The maximum absolute atomic E-state index is 13.3. The van der Waals surface area contributed by atoms with Crippen molar-refractivity contribution in [1.82, 2.24) is 20.0 Å². The quantitative estimate of drug-likeness (QED) is 0.523.